The lowest BCUT2D eigenvalue weighted by atomic mass is 9.84. The van der Waals surface area contributed by atoms with Crippen molar-refractivity contribution in [3.63, 3.8) is 0 Å². The fraction of sp³-hybridized carbons (Fsp3) is 0.467. The molecule has 0 bridgehead atoms. The molecule has 1 aromatic carbocycles. The molecular weight excluding hydrogens is 180 g/mol. The van der Waals surface area contributed by atoms with Gasteiger partial charge in [-0.1, -0.05) is 42.3 Å². The Morgan fingerprint density at radius 1 is 0.867 bits per heavy atom. The van der Waals surface area contributed by atoms with Gasteiger partial charge in [-0.15, -0.1) is 0 Å². The first-order valence-electron chi connectivity index (χ1n) is 6.22. The topological polar surface area (TPSA) is 0 Å². The number of rotatable bonds is 1. The van der Waals surface area contributed by atoms with Crippen LogP contribution in [0.5, 0.6) is 0 Å². The predicted molar refractivity (Wildman–Crippen MR) is 64.6 cm³/mol. The van der Waals surface area contributed by atoms with Gasteiger partial charge in [-0.25, -0.2) is 0 Å². The predicted octanol–water partition coefficient (Wildman–Crippen LogP) is 4.42. The first-order valence-corrected chi connectivity index (χ1v) is 6.22. The van der Waals surface area contributed by atoms with Crippen LogP contribution < -0.4 is 0 Å². The first kappa shape index (κ1) is 9.21. The summed E-state index contributed by atoms with van der Waals surface area (Å²) >= 11 is 0. The van der Waals surface area contributed by atoms with E-state index in [-0.39, 0.29) is 0 Å². The minimum atomic E-state index is 0.939. The third-order valence-corrected chi connectivity index (χ3v) is 3.99. The van der Waals surface area contributed by atoms with E-state index in [0.717, 1.165) is 5.92 Å². The summed E-state index contributed by atoms with van der Waals surface area (Å²) in [7, 11) is 0. The second-order valence-corrected chi connectivity index (χ2v) is 4.85. The van der Waals surface area contributed by atoms with Crippen LogP contribution >= 0.6 is 0 Å². The lowest BCUT2D eigenvalue weighted by molar-refractivity contribution is 0.456. The van der Waals surface area contributed by atoms with E-state index in [1.54, 1.807) is 11.1 Å². The Morgan fingerprint density at radius 3 is 2.60 bits per heavy atom. The van der Waals surface area contributed by atoms with Crippen molar-refractivity contribution in [3.05, 3.63) is 41.5 Å². The maximum absolute atomic E-state index is 2.28. The summed E-state index contributed by atoms with van der Waals surface area (Å²) in [6.45, 7) is 0. The average molecular weight is 198 g/mol. The summed E-state index contributed by atoms with van der Waals surface area (Å²) in [4.78, 5) is 0. The van der Waals surface area contributed by atoms with E-state index in [4.69, 9.17) is 0 Å². The third-order valence-electron chi connectivity index (χ3n) is 3.99. The molecule has 3 rings (SSSR count). The Balaban J connectivity index is 1.98. The van der Waals surface area contributed by atoms with Gasteiger partial charge in [0, 0.05) is 0 Å². The van der Waals surface area contributed by atoms with Gasteiger partial charge >= 0.3 is 0 Å². The summed E-state index contributed by atoms with van der Waals surface area (Å²) in [5.41, 5.74) is 4.96. The molecule has 0 amide bonds. The Labute approximate surface area is 92.0 Å². The van der Waals surface area contributed by atoms with Gasteiger partial charge in [-0.2, -0.15) is 0 Å². The summed E-state index contributed by atoms with van der Waals surface area (Å²) < 4.78 is 0. The lowest BCUT2D eigenvalue weighted by Crippen LogP contribution is -2.05. The molecule has 2 aliphatic carbocycles. The molecule has 0 heteroatoms. The number of allylic oxidation sites excluding steroid dienone is 2. The molecule has 78 valence electrons. The van der Waals surface area contributed by atoms with Crippen LogP contribution in [-0.4, -0.2) is 0 Å². The van der Waals surface area contributed by atoms with Crippen molar-refractivity contribution in [3.8, 4) is 0 Å². The Morgan fingerprint density at radius 2 is 1.73 bits per heavy atom. The van der Waals surface area contributed by atoms with Crippen molar-refractivity contribution in [2.24, 2.45) is 5.92 Å². The highest BCUT2D eigenvalue weighted by Crippen LogP contribution is 2.45. The molecule has 0 N–H and O–H groups in total. The zero-order valence-corrected chi connectivity index (χ0v) is 9.21. The zero-order valence-electron chi connectivity index (χ0n) is 9.21. The highest BCUT2D eigenvalue weighted by molar-refractivity contribution is 5.71. The first-order chi connectivity index (χ1) is 7.45. The van der Waals surface area contributed by atoms with Crippen LogP contribution in [0.3, 0.4) is 0 Å². The number of fused-ring (bicyclic) bond motifs is 1. The van der Waals surface area contributed by atoms with Crippen LogP contribution in [0.1, 0.15) is 44.1 Å². The van der Waals surface area contributed by atoms with Gasteiger partial charge in [0.2, 0.25) is 0 Å². The van der Waals surface area contributed by atoms with Crippen molar-refractivity contribution in [1.82, 2.24) is 0 Å². The quantitative estimate of drug-likeness (QED) is 0.626. The molecule has 0 aliphatic heterocycles. The molecule has 2 aliphatic rings. The fourth-order valence-electron chi connectivity index (χ4n) is 3.25. The monoisotopic (exact) mass is 198 g/mol. The third kappa shape index (κ3) is 1.62. The largest absolute Gasteiger partial charge is 0.0633 e. The molecule has 1 unspecified atom stereocenters. The standard InChI is InChI=1S/C15H18/c1-2-6-12(7-3-1)15-11-10-13-8-4-5-9-14(13)15/h1-3,6-7,13H,4-5,8-11H2. The Bertz CT molecular complexity index is 372. The minimum Gasteiger partial charge on any atom is -0.0633 e. The van der Waals surface area contributed by atoms with E-state index in [1.807, 2.05) is 0 Å². The number of hydrogen-bond acceptors (Lipinski definition) is 0. The second-order valence-electron chi connectivity index (χ2n) is 4.85. The van der Waals surface area contributed by atoms with Gasteiger partial charge in [0.25, 0.3) is 0 Å². The SMILES string of the molecule is c1ccc(C2=C3CCCCC3CC2)cc1. The molecule has 0 saturated heterocycles. The second kappa shape index (κ2) is 3.84. The van der Waals surface area contributed by atoms with E-state index in [2.05, 4.69) is 30.3 Å². The van der Waals surface area contributed by atoms with Crippen LogP contribution in [0, 0.1) is 5.92 Å². The summed E-state index contributed by atoms with van der Waals surface area (Å²) in [6, 6.07) is 11.0. The van der Waals surface area contributed by atoms with Crippen LogP contribution in [-0.2, 0) is 0 Å². The molecule has 0 spiro atoms. The van der Waals surface area contributed by atoms with E-state index in [0.29, 0.717) is 0 Å². The smallest absolute Gasteiger partial charge is 0.0194 e. The van der Waals surface area contributed by atoms with Crippen LogP contribution in [0.15, 0.2) is 35.9 Å². The normalized spacial score (nSPS) is 25.5. The van der Waals surface area contributed by atoms with Gasteiger partial charge in [0.05, 0.1) is 0 Å². The van der Waals surface area contributed by atoms with Crippen molar-refractivity contribution < 1.29 is 0 Å². The molecule has 1 saturated carbocycles. The summed E-state index contributed by atoms with van der Waals surface area (Å²) in [6.07, 6.45) is 8.43. The van der Waals surface area contributed by atoms with E-state index < -0.39 is 0 Å². The average Bonchev–Trinajstić information content (AvgIpc) is 2.74. The maximum atomic E-state index is 2.28. The van der Waals surface area contributed by atoms with E-state index in [1.165, 1.54) is 44.1 Å². The molecule has 15 heavy (non-hydrogen) atoms. The number of hydrogen-bond donors (Lipinski definition) is 0. The van der Waals surface area contributed by atoms with Gasteiger partial charge in [-0.3, -0.25) is 0 Å². The summed E-state index contributed by atoms with van der Waals surface area (Å²) in [5, 5.41) is 0. The van der Waals surface area contributed by atoms with Crippen molar-refractivity contribution in [1.29, 1.82) is 0 Å². The number of benzene rings is 1. The van der Waals surface area contributed by atoms with Gasteiger partial charge < -0.3 is 0 Å². The van der Waals surface area contributed by atoms with Gasteiger partial charge in [0.1, 0.15) is 0 Å². The molecule has 0 radical (unpaired) electrons. The molecule has 1 aromatic rings. The highest BCUT2D eigenvalue weighted by atomic mass is 14.3. The summed E-state index contributed by atoms with van der Waals surface area (Å²) in [5.74, 6) is 0.939. The van der Waals surface area contributed by atoms with E-state index >= 15 is 0 Å². The Hall–Kier alpha value is -1.04. The van der Waals surface area contributed by atoms with Crippen molar-refractivity contribution in [2.75, 3.05) is 0 Å². The van der Waals surface area contributed by atoms with Crippen LogP contribution in [0.4, 0.5) is 0 Å². The van der Waals surface area contributed by atoms with Crippen molar-refractivity contribution >= 4 is 5.57 Å². The fourth-order valence-corrected chi connectivity index (χ4v) is 3.25. The van der Waals surface area contributed by atoms with Gasteiger partial charge in [0.15, 0.2) is 0 Å². The van der Waals surface area contributed by atoms with Crippen LogP contribution in [0.25, 0.3) is 5.57 Å². The van der Waals surface area contributed by atoms with E-state index in [9.17, 15) is 0 Å². The molecule has 1 fully saturated rings. The minimum absolute atomic E-state index is 0.939. The molecule has 1 atom stereocenters. The zero-order chi connectivity index (χ0) is 10.1. The van der Waals surface area contributed by atoms with Crippen LogP contribution in [0.2, 0.25) is 0 Å². The lowest BCUT2D eigenvalue weighted by Gasteiger charge is -2.21. The highest BCUT2D eigenvalue weighted by Gasteiger charge is 2.27. The Kier molecular flexibility index (Phi) is 2.36. The van der Waals surface area contributed by atoms with Gasteiger partial charge in [-0.05, 0) is 49.2 Å². The maximum Gasteiger partial charge on any atom is -0.0194 e. The molecular formula is C15H18. The van der Waals surface area contributed by atoms with Crippen molar-refractivity contribution in [2.45, 2.75) is 38.5 Å². The molecule has 0 heterocycles. The molecule has 0 aromatic heterocycles. The molecule has 0 nitrogen and oxygen atoms in total.